The second kappa shape index (κ2) is 8.05. The molecule has 0 bridgehead atoms. The molecule has 1 heterocycles. The van der Waals surface area contributed by atoms with Crippen molar-refractivity contribution in [2.45, 2.75) is 36.9 Å². The van der Waals surface area contributed by atoms with Crippen LogP contribution in [0.3, 0.4) is 0 Å². The minimum atomic E-state index is -0.281. The van der Waals surface area contributed by atoms with Crippen LogP contribution in [0.15, 0.2) is 59.8 Å². The topological polar surface area (TPSA) is 47.8 Å². The molecule has 27 heavy (non-hydrogen) atoms. The van der Waals surface area contributed by atoms with Gasteiger partial charge in [0.25, 0.3) is 0 Å². The first-order chi connectivity index (χ1) is 13.2. The fraction of sp³-hybridized carbons (Fsp3) is 0.286. The molecule has 0 atom stereocenters. The summed E-state index contributed by atoms with van der Waals surface area (Å²) < 4.78 is 16.2. The predicted octanol–water partition coefficient (Wildman–Crippen LogP) is 5.17. The van der Waals surface area contributed by atoms with Crippen LogP contribution in [0, 0.1) is 5.82 Å². The summed E-state index contributed by atoms with van der Waals surface area (Å²) in [5, 5.41) is 9.36. The van der Waals surface area contributed by atoms with Crippen LogP contribution in [0.2, 0.25) is 0 Å². The molecule has 138 valence electrons. The van der Waals surface area contributed by atoms with E-state index in [-0.39, 0.29) is 11.6 Å². The average molecular weight is 381 g/mol. The van der Waals surface area contributed by atoms with E-state index in [1.54, 1.807) is 23.9 Å². The predicted molar refractivity (Wildman–Crippen MR) is 104 cm³/mol. The van der Waals surface area contributed by atoms with Crippen molar-refractivity contribution in [2.24, 2.45) is 0 Å². The van der Waals surface area contributed by atoms with Crippen LogP contribution < -0.4 is 0 Å². The van der Waals surface area contributed by atoms with Crippen molar-refractivity contribution in [1.29, 1.82) is 0 Å². The second-order valence-corrected chi connectivity index (χ2v) is 7.69. The number of carbonyl (C=O) groups is 1. The fourth-order valence-corrected chi connectivity index (χ4v) is 3.97. The Labute approximate surface area is 161 Å². The molecule has 4 nitrogen and oxygen atoms in total. The standard InChI is InChI=1S/C21H20FN3OS/c22-18-10-5-4-9-17(18)20-23-24-21(25(20)16-12-13-16)27-14-6-11-19(26)15-7-2-1-3-8-15/h1-5,7-10,16H,6,11-14H2. The SMILES string of the molecule is O=C(CCCSc1nnc(-c2ccccc2F)n1C1CC1)c1ccccc1. The summed E-state index contributed by atoms with van der Waals surface area (Å²) in [5.74, 6) is 1.25. The third kappa shape index (κ3) is 4.11. The number of carbonyl (C=O) groups excluding carboxylic acids is 1. The normalized spacial score (nSPS) is 13.7. The van der Waals surface area contributed by atoms with Crippen LogP contribution in [-0.2, 0) is 0 Å². The van der Waals surface area contributed by atoms with Crippen molar-refractivity contribution in [2.75, 3.05) is 5.75 Å². The van der Waals surface area contributed by atoms with Crippen LogP contribution in [0.4, 0.5) is 4.39 Å². The Hall–Kier alpha value is -2.47. The quantitative estimate of drug-likeness (QED) is 0.307. The minimum Gasteiger partial charge on any atom is -0.299 e. The monoisotopic (exact) mass is 381 g/mol. The number of aromatic nitrogens is 3. The first kappa shape index (κ1) is 17.9. The van der Waals surface area contributed by atoms with Crippen molar-refractivity contribution < 1.29 is 9.18 Å². The lowest BCUT2D eigenvalue weighted by Gasteiger charge is -2.09. The van der Waals surface area contributed by atoms with Crippen molar-refractivity contribution in [3.05, 3.63) is 66.0 Å². The summed E-state index contributed by atoms with van der Waals surface area (Å²) in [6.07, 6.45) is 3.42. The van der Waals surface area contributed by atoms with E-state index in [1.807, 2.05) is 36.4 Å². The van der Waals surface area contributed by atoms with Crippen molar-refractivity contribution in [1.82, 2.24) is 14.8 Å². The second-order valence-electron chi connectivity index (χ2n) is 6.63. The molecule has 4 rings (SSSR count). The highest BCUT2D eigenvalue weighted by Crippen LogP contribution is 2.41. The van der Waals surface area contributed by atoms with Crippen LogP contribution in [0.5, 0.6) is 0 Å². The summed E-state index contributed by atoms with van der Waals surface area (Å²) in [7, 11) is 0. The smallest absolute Gasteiger partial charge is 0.191 e. The molecule has 0 amide bonds. The number of thioether (sulfide) groups is 1. The molecule has 1 aliphatic rings. The lowest BCUT2D eigenvalue weighted by Crippen LogP contribution is -2.02. The summed E-state index contributed by atoms with van der Waals surface area (Å²) in [4.78, 5) is 12.2. The lowest BCUT2D eigenvalue weighted by molar-refractivity contribution is 0.0982. The molecule has 2 aromatic carbocycles. The molecule has 6 heteroatoms. The Kier molecular flexibility index (Phi) is 5.34. The zero-order valence-electron chi connectivity index (χ0n) is 14.8. The summed E-state index contributed by atoms with van der Waals surface area (Å²) in [6, 6.07) is 16.4. The van der Waals surface area contributed by atoms with Gasteiger partial charge in [-0.2, -0.15) is 0 Å². The van der Waals surface area contributed by atoms with E-state index < -0.39 is 0 Å². The van der Waals surface area contributed by atoms with Gasteiger partial charge in [0.1, 0.15) is 5.82 Å². The zero-order valence-corrected chi connectivity index (χ0v) is 15.7. The van der Waals surface area contributed by atoms with E-state index in [2.05, 4.69) is 14.8 Å². The maximum absolute atomic E-state index is 14.2. The van der Waals surface area contributed by atoms with Gasteiger partial charge in [0, 0.05) is 23.8 Å². The van der Waals surface area contributed by atoms with Crippen molar-refractivity contribution in [3.63, 3.8) is 0 Å². The molecule has 0 saturated heterocycles. The maximum Gasteiger partial charge on any atom is 0.191 e. The number of hydrogen-bond acceptors (Lipinski definition) is 4. The summed E-state index contributed by atoms with van der Waals surface area (Å²) >= 11 is 1.59. The molecular formula is C21H20FN3OS. The van der Waals surface area contributed by atoms with Gasteiger partial charge in [-0.15, -0.1) is 10.2 Å². The Balaban J connectivity index is 1.41. The number of halogens is 1. The maximum atomic E-state index is 14.2. The summed E-state index contributed by atoms with van der Waals surface area (Å²) in [5.41, 5.74) is 1.24. The Morgan fingerprint density at radius 2 is 1.81 bits per heavy atom. The largest absolute Gasteiger partial charge is 0.299 e. The van der Waals surface area contributed by atoms with Gasteiger partial charge < -0.3 is 0 Å². The highest BCUT2D eigenvalue weighted by molar-refractivity contribution is 7.99. The van der Waals surface area contributed by atoms with Crippen LogP contribution in [0.25, 0.3) is 11.4 Å². The Morgan fingerprint density at radius 3 is 2.56 bits per heavy atom. The van der Waals surface area contributed by atoms with E-state index >= 15 is 0 Å². The van der Waals surface area contributed by atoms with Crippen molar-refractivity contribution >= 4 is 17.5 Å². The number of hydrogen-bond donors (Lipinski definition) is 0. The average Bonchev–Trinajstić information content (AvgIpc) is 3.46. The number of ketones is 1. The number of nitrogens with zero attached hydrogens (tertiary/aromatic N) is 3. The fourth-order valence-electron chi connectivity index (χ4n) is 3.03. The Morgan fingerprint density at radius 1 is 1.07 bits per heavy atom. The van der Waals surface area contributed by atoms with Gasteiger partial charge in [0.2, 0.25) is 0 Å². The lowest BCUT2D eigenvalue weighted by atomic mass is 10.1. The molecule has 1 fully saturated rings. The first-order valence-electron chi connectivity index (χ1n) is 9.15. The van der Waals surface area contributed by atoms with Gasteiger partial charge >= 0.3 is 0 Å². The minimum absolute atomic E-state index is 0.159. The number of Topliss-reactive ketones (excluding diaryl/α,β-unsaturated/α-hetero) is 1. The molecule has 0 radical (unpaired) electrons. The summed E-state index contributed by atoms with van der Waals surface area (Å²) in [6.45, 7) is 0. The molecule has 0 unspecified atom stereocenters. The Bertz CT molecular complexity index is 938. The van der Waals surface area contributed by atoms with Gasteiger partial charge in [-0.1, -0.05) is 54.2 Å². The van der Waals surface area contributed by atoms with E-state index in [1.165, 1.54) is 6.07 Å². The van der Waals surface area contributed by atoms with E-state index in [0.717, 1.165) is 35.7 Å². The van der Waals surface area contributed by atoms with Gasteiger partial charge in [-0.25, -0.2) is 4.39 Å². The third-order valence-corrected chi connectivity index (χ3v) is 5.60. The number of rotatable bonds is 8. The van der Waals surface area contributed by atoms with Gasteiger partial charge in [-0.05, 0) is 31.4 Å². The van der Waals surface area contributed by atoms with E-state index in [9.17, 15) is 9.18 Å². The van der Waals surface area contributed by atoms with Crippen LogP contribution >= 0.6 is 11.8 Å². The third-order valence-electron chi connectivity index (χ3n) is 4.57. The molecule has 3 aromatic rings. The molecule has 1 saturated carbocycles. The van der Waals surface area contributed by atoms with Crippen molar-refractivity contribution in [3.8, 4) is 11.4 Å². The van der Waals surface area contributed by atoms with Gasteiger partial charge in [-0.3, -0.25) is 9.36 Å². The number of benzene rings is 2. The van der Waals surface area contributed by atoms with Gasteiger partial charge in [0.15, 0.2) is 16.8 Å². The van der Waals surface area contributed by atoms with Crippen LogP contribution in [-0.4, -0.2) is 26.3 Å². The molecule has 0 spiro atoms. The molecule has 1 aliphatic carbocycles. The molecule has 1 aromatic heterocycles. The van der Waals surface area contributed by atoms with Crippen LogP contribution in [0.1, 0.15) is 42.1 Å². The molecule has 0 N–H and O–H groups in total. The van der Waals surface area contributed by atoms with Gasteiger partial charge in [0.05, 0.1) is 5.56 Å². The van der Waals surface area contributed by atoms with E-state index in [0.29, 0.717) is 23.9 Å². The molecule has 0 aliphatic heterocycles. The zero-order chi connectivity index (χ0) is 18.6. The van der Waals surface area contributed by atoms with E-state index in [4.69, 9.17) is 0 Å². The first-order valence-corrected chi connectivity index (χ1v) is 10.1. The molecular weight excluding hydrogens is 361 g/mol. The highest BCUT2D eigenvalue weighted by Gasteiger charge is 2.30. The highest BCUT2D eigenvalue weighted by atomic mass is 32.2.